The normalized spacial score (nSPS) is 10.8. The molecule has 0 aliphatic rings. The molecule has 0 aliphatic heterocycles. The quantitative estimate of drug-likeness (QED) is 0.434. The smallest absolute Gasteiger partial charge is 0.308 e. The van der Waals surface area contributed by atoms with E-state index in [1.54, 1.807) is 12.1 Å². The summed E-state index contributed by atoms with van der Waals surface area (Å²) < 4.78 is 20.7. The van der Waals surface area contributed by atoms with E-state index in [1.807, 2.05) is 38.1 Å². The molecule has 0 amide bonds. The summed E-state index contributed by atoms with van der Waals surface area (Å²) in [4.78, 5) is 45.5. The molecule has 0 aromatic heterocycles. The van der Waals surface area contributed by atoms with Gasteiger partial charge in [-0.3, -0.25) is 19.2 Å². The Balaban J connectivity index is 2.50. The molecule has 0 bridgehead atoms. The maximum atomic E-state index is 11.5. The molecule has 0 radical (unpaired) electrons. The van der Waals surface area contributed by atoms with Crippen molar-refractivity contribution in [3.63, 3.8) is 0 Å². The molecule has 0 unspecified atom stereocenters. The fourth-order valence-electron chi connectivity index (χ4n) is 3.20. The van der Waals surface area contributed by atoms with E-state index in [0.29, 0.717) is 22.6 Å². The maximum Gasteiger partial charge on any atom is 0.308 e. The van der Waals surface area contributed by atoms with Gasteiger partial charge < -0.3 is 18.9 Å². The number of hydrogen-bond donors (Lipinski definition) is 0. The van der Waals surface area contributed by atoms with Crippen LogP contribution < -0.4 is 9.47 Å². The third-order valence-corrected chi connectivity index (χ3v) is 4.93. The van der Waals surface area contributed by atoms with Gasteiger partial charge in [0.05, 0.1) is 0 Å². The van der Waals surface area contributed by atoms with Crippen molar-refractivity contribution in [3.8, 4) is 11.5 Å². The lowest BCUT2D eigenvalue weighted by Gasteiger charge is -2.28. The van der Waals surface area contributed by atoms with Crippen LogP contribution in [0, 0.1) is 0 Å². The topological polar surface area (TPSA) is 105 Å². The Bertz CT molecular complexity index is 985. The summed E-state index contributed by atoms with van der Waals surface area (Å²) in [6.07, 6.45) is 0. The molecule has 8 heteroatoms. The largest absolute Gasteiger partial charge is 0.461 e. The van der Waals surface area contributed by atoms with E-state index in [-0.39, 0.29) is 13.2 Å². The minimum Gasteiger partial charge on any atom is -0.461 e. The van der Waals surface area contributed by atoms with E-state index in [4.69, 9.17) is 18.9 Å². The van der Waals surface area contributed by atoms with Crippen molar-refractivity contribution in [1.82, 2.24) is 0 Å². The molecule has 0 saturated carbocycles. The second-order valence-corrected chi connectivity index (χ2v) is 8.02. The number of benzene rings is 2. The monoisotopic (exact) mass is 456 g/mol. The Morgan fingerprint density at radius 2 is 1.00 bits per heavy atom. The van der Waals surface area contributed by atoms with Gasteiger partial charge >= 0.3 is 23.9 Å². The van der Waals surface area contributed by atoms with Crippen LogP contribution in [-0.4, -0.2) is 23.9 Å². The van der Waals surface area contributed by atoms with Crippen LogP contribution in [0.2, 0.25) is 0 Å². The van der Waals surface area contributed by atoms with E-state index >= 15 is 0 Å². The van der Waals surface area contributed by atoms with Crippen molar-refractivity contribution in [1.29, 1.82) is 0 Å². The van der Waals surface area contributed by atoms with Gasteiger partial charge in [0, 0.05) is 44.2 Å². The summed E-state index contributed by atoms with van der Waals surface area (Å²) in [6, 6.07) is 10.6. The molecule has 2 aromatic carbocycles. The lowest BCUT2D eigenvalue weighted by atomic mass is 9.77. The highest BCUT2D eigenvalue weighted by Crippen LogP contribution is 2.36. The highest BCUT2D eigenvalue weighted by atomic mass is 16.6. The van der Waals surface area contributed by atoms with Crippen LogP contribution in [0.1, 0.15) is 63.8 Å². The fraction of sp³-hybridized carbons (Fsp3) is 0.360. The Morgan fingerprint density at radius 3 is 1.30 bits per heavy atom. The molecule has 0 aliphatic carbocycles. The third-order valence-electron chi connectivity index (χ3n) is 4.93. The van der Waals surface area contributed by atoms with Crippen LogP contribution in [-0.2, 0) is 47.3 Å². The first-order valence-corrected chi connectivity index (χ1v) is 10.3. The average molecular weight is 456 g/mol. The molecule has 33 heavy (non-hydrogen) atoms. The number of carbonyl (C=O) groups is 4. The fourth-order valence-corrected chi connectivity index (χ4v) is 3.20. The standard InChI is InChI=1S/C25H28O8/c1-15(26)30-13-19-11-21(7-9-23(19)32-17(3)28)25(5,6)22-8-10-24(33-18(4)29)20(12-22)14-31-16(2)27/h7-12H,13-14H2,1-6H3. The number of ether oxygens (including phenoxy) is 4. The number of carbonyl (C=O) groups excluding carboxylic acids is 4. The van der Waals surface area contributed by atoms with Crippen molar-refractivity contribution in [2.45, 2.75) is 60.2 Å². The van der Waals surface area contributed by atoms with Crippen molar-refractivity contribution in [2.24, 2.45) is 0 Å². The van der Waals surface area contributed by atoms with Gasteiger partial charge in [-0.25, -0.2) is 0 Å². The Labute approximate surface area is 192 Å². The van der Waals surface area contributed by atoms with Crippen LogP contribution in [0.4, 0.5) is 0 Å². The molecule has 0 heterocycles. The second-order valence-electron chi connectivity index (χ2n) is 8.02. The first-order chi connectivity index (χ1) is 15.4. The first kappa shape index (κ1) is 25.6. The van der Waals surface area contributed by atoms with E-state index in [9.17, 15) is 19.2 Å². The highest BCUT2D eigenvalue weighted by molar-refractivity contribution is 5.71. The molecular formula is C25H28O8. The van der Waals surface area contributed by atoms with E-state index in [2.05, 4.69) is 0 Å². The van der Waals surface area contributed by atoms with Crippen LogP contribution in [0.3, 0.4) is 0 Å². The van der Waals surface area contributed by atoms with E-state index < -0.39 is 29.3 Å². The highest BCUT2D eigenvalue weighted by Gasteiger charge is 2.26. The Hall–Kier alpha value is -3.68. The molecule has 8 nitrogen and oxygen atoms in total. The third kappa shape index (κ3) is 7.17. The Kier molecular flexibility index (Phi) is 8.34. The molecule has 0 fully saturated rings. The van der Waals surface area contributed by atoms with Gasteiger partial charge in [-0.05, 0) is 35.4 Å². The molecule has 0 N–H and O–H groups in total. The lowest BCUT2D eigenvalue weighted by Crippen LogP contribution is -2.20. The molecule has 0 saturated heterocycles. The van der Waals surface area contributed by atoms with Gasteiger partial charge in [0.1, 0.15) is 24.7 Å². The van der Waals surface area contributed by atoms with Crippen LogP contribution in [0.15, 0.2) is 36.4 Å². The number of hydrogen-bond acceptors (Lipinski definition) is 8. The van der Waals surface area contributed by atoms with Gasteiger partial charge in [-0.1, -0.05) is 26.0 Å². The minimum absolute atomic E-state index is 0.0506. The molecule has 0 spiro atoms. The van der Waals surface area contributed by atoms with Crippen molar-refractivity contribution in [3.05, 3.63) is 58.7 Å². The Morgan fingerprint density at radius 1 is 0.636 bits per heavy atom. The summed E-state index contributed by atoms with van der Waals surface area (Å²) >= 11 is 0. The molecule has 0 atom stereocenters. The van der Waals surface area contributed by atoms with Crippen LogP contribution in [0.5, 0.6) is 11.5 Å². The van der Waals surface area contributed by atoms with E-state index in [0.717, 1.165) is 11.1 Å². The van der Waals surface area contributed by atoms with Crippen molar-refractivity contribution >= 4 is 23.9 Å². The lowest BCUT2D eigenvalue weighted by molar-refractivity contribution is -0.143. The number of rotatable bonds is 8. The summed E-state index contributed by atoms with van der Waals surface area (Å²) in [5.74, 6) is -1.26. The van der Waals surface area contributed by atoms with E-state index in [1.165, 1.54) is 27.7 Å². The molecule has 176 valence electrons. The van der Waals surface area contributed by atoms with Gasteiger partial charge in [0.2, 0.25) is 0 Å². The van der Waals surface area contributed by atoms with Crippen LogP contribution in [0.25, 0.3) is 0 Å². The predicted molar refractivity (Wildman–Crippen MR) is 119 cm³/mol. The van der Waals surface area contributed by atoms with Gasteiger partial charge in [0.15, 0.2) is 0 Å². The zero-order valence-electron chi connectivity index (χ0n) is 19.6. The minimum atomic E-state index is -0.556. The summed E-state index contributed by atoms with van der Waals surface area (Å²) in [5.41, 5.74) is 2.25. The number of esters is 4. The first-order valence-electron chi connectivity index (χ1n) is 10.3. The average Bonchev–Trinajstić information content (AvgIpc) is 2.71. The zero-order valence-corrected chi connectivity index (χ0v) is 19.6. The zero-order chi connectivity index (χ0) is 24.8. The van der Waals surface area contributed by atoms with Gasteiger partial charge in [-0.2, -0.15) is 0 Å². The summed E-state index contributed by atoms with van der Waals surface area (Å²) in [6.45, 7) is 9.06. The van der Waals surface area contributed by atoms with Gasteiger partial charge in [0.25, 0.3) is 0 Å². The maximum absolute atomic E-state index is 11.5. The van der Waals surface area contributed by atoms with Crippen molar-refractivity contribution < 1.29 is 38.1 Å². The predicted octanol–water partition coefficient (Wildman–Crippen LogP) is 3.99. The molecule has 2 rings (SSSR count). The second kappa shape index (κ2) is 10.8. The molecular weight excluding hydrogens is 428 g/mol. The molecule has 2 aromatic rings. The van der Waals surface area contributed by atoms with Crippen molar-refractivity contribution in [2.75, 3.05) is 0 Å². The summed E-state index contributed by atoms with van der Waals surface area (Å²) in [7, 11) is 0. The summed E-state index contributed by atoms with van der Waals surface area (Å²) in [5, 5.41) is 0. The van der Waals surface area contributed by atoms with Crippen LogP contribution >= 0.6 is 0 Å². The SMILES string of the molecule is CC(=O)OCc1cc(C(C)(C)c2ccc(OC(C)=O)c(COC(C)=O)c2)ccc1OC(C)=O. The van der Waals surface area contributed by atoms with Gasteiger partial charge in [-0.15, -0.1) is 0 Å².